The van der Waals surface area contributed by atoms with Gasteiger partial charge in [0.05, 0.1) is 0 Å². The molecule has 0 aliphatic heterocycles. The lowest BCUT2D eigenvalue weighted by Crippen LogP contribution is -2.01. The molecule has 1 aromatic carbocycles. The molecule has 1 heterocycles. The first-order chi connectivity index (χ1) is 5.75. The number of pyridine rings is 1. The Balaban J connectivity index is 2.87. The summed E-state index contributed by atoms with van der Waals surface area (Å²) in [6.07, 6.45) is 0. The number of aromatic nitrogens is 1. The molecule has 1 N–H and O–H groups in total. The summed E-state index contributed by atoms with van der Waals surface area (Å²) in [5, 5.41) is 1.08. The molecular formula is C10H9NO. The van der Waals surface area contributed by atoms with Crippen molar-refractivity contribution in [1.29, 1.82) is 0 Å². The molecule has 0 amide bonds. The van der Waals surface area contributed by atoms with E-state index in [0.717, 1.165) is 10.9 Å². The van der Waals surface area contributed by atoms with E-state index in [4.69, 9.17) is 0 Å². The summed E-state index contributed by atoms with van der Waals surface area (Å²) in [5.74, 6) is 0. The van der Waals surface area contributed by atoms with Gasteiger partial charge in [0.1, 0.15) is 0 Å². The van der Waals surface area contributed by atoms with E-state index in [2.05, 4.69) is 4.98 Å². The van der Waals surface area contributed by atoms with Crippen LogP contribution in [0.15, 0.2) is 35.1 Å². The van der Waals surface area contributed by atoms with E-state index in [9.17, 15) is 4.79 Å². The van der Waals surface area contributed by atoms with Crippen molar-refractivity contribution in [2.45, 2.75) is 6.92 Å². The molecule has 0 aliphatic rings. The van der Waals surface area contributed by atoms with Gasteiger partial charge in [-0.1, -0.05) is 11.6 Å². The minimum absolute atomic E-state index is 0.0497. The van der Waals surface area contributed by atoms with Crippen molar-refractivity contribution in [2.24, 2.45) is 0 Å². The van der Waals surface area contributed by atoms with Gasteiger partial charge in [0, 0.05) is 11.6 Å². The van der Waals surface area contributed by atoms with Crippen molar-refractivity contribution in [3.05, 3.63) is 46.2 Å². The zero-order valence-corrected chi connectivity index (χ0v) is 6.79. The number of rotatable bonds is 0. The Kier molecular flexibility index (Phi) is 1.47. The second-order valence-corrected chi connectivity index (χ2v) is 2.91. The smallest absolute Gasteiger partial charge is 0.248 e. The highest BCUT2D eigenvalue weighted by Gasteiger charge is 1.92. The molecule has 0 spiro atoms. The van der Waals surface area contributed by atoms with E-state index in [-0.39, 0.29) is 5.56 Å². The number of benzene rings is 1. The Bertz CT molecular complexity index is 470. The van der Waals surface area contributed by atoms with Crippen LogP contribution in [-0.2, 0) is 0 Å². The predicted molar refractivity (Wildman–Crippen MR) is 49.3 cm³/mol. The van der Waals surface area contributed by atoms with Crippen LogP contribution in [0.2, 0.25) is 0 Å². The fraction of sp³-hybridized carbons (Fsp3) is 0.100. The molecule has 2 nitrogen and oxygen atoms in total. The number of nitrogens with one attached hydrogen (secondary N) is 1. The third-order valence-electron chi connectivity index (χ3n) is 1.88. The van der Waals surface area contributed by atoms with E-state index < -0.39 is 0 Å². The summed E-state index contributed by atoms with van der Waals surface area (Å²) in [7, 11) is 0. The molecule has 0 fully saturated rings. The second kappa shape index (κ2) is 2.48. The zero-order chi connectivity index (χ0) is 8.55. The largest absolute Gasteiger partial charge is 0.322 e. The quantitative estimate of drug-likeness (QED) is 0.625. The van der Waals surface area contributed by atoms with Crippen LogP contribution < -0.4 is 5.56 Å². The zero-order valence-electron chi connectivity index (χ0n) is 6.79. The highest BCUT2D eigenvalue weighted by Crippen LogP contribution is 2.10. The van der Waals surface area contributed by atoms with Gasteiger partial charge in [-0.25, -0.2) is 0 Å². The average molecular weight is 159 g/mol. The van der Waals surface area contributed by atoms with E-state index >= 15 is 0 Å². The molecule has 1 aromatic heterocycles. The molecule has 60 valence electrons. The van der Waals surface area contributed by atoms with Crippen LogP contribution in [-0.4, -0.2) is 4.98 Å². The third-order valence-corrected chi connectivity index (χ3v) is 1.88. The first kappa shape index (κ1) is 7.10. The molecule has 0 saturated heterocycles. The SMILES string of the molecule is Cc1ccc2[nH]c(=O)ccc2c1. The molecule has 0 unspecified atom stereocenters. The molecular weight excluding hydrogens is 150 g/mol. The normalized spacial score (nSPS) is 10.4. The molecule has 0 saturated carbocycles. The number of aromatic amines is 1. The first-order valence-electron chi connectivity index (χ1n) is 3.85. The maximum absolute atomic E-state index is 10.9. The van der Waals surface area contributed by atoms with Crippen LogP contribution in [0.1, 0.15) is 5.56 Å². The second-order valence-electron chi connectivity index (χ2n) is 2.91. The number of hydrogen-bond acceptors (Lipinski definition) is 1. The summed E-state index contributed by atoms with van der Waals surface area (Å²) in [6.45, 7) is 2.03. The summed E-state index contributed by atoms with van der Waals surface area (Å²) in [6, 6.07) is 9.33. The Hall–Kier alpha value is -1.57. The number of H-pyrrole nitrogens is 1. The van der Waals surface area contributed by atoms with E-state index in [1.165, 1.54) is 5.56 Å². The number of fused-ring (bicyclic) bond motifs is 1. The van der Waals surface area contributed by atoms with Gasteiger partial charge in [0.25, 0.3) is 0 Å². The molecule has 2 heteroatoms. The van der Waals surface area contributed by atoms with Gasteiger partial charge in [-0.2, -0.15) is 0 Å². The van der Waals surface area contributed by atoms with Crippen molar-refractivity contribution < 1.29 is 0 Å². The van der Waals surface area contributed by atoms with E-state index in [1.54, 1.807) is 6.07 Å². The van der Waals surface area contributed by atoms with Gasteiger partial charge in [-0.3, -0.25) is 4.79 Å². The third kappa shape index (κ3) is 1.11. The standard InChI is InChI=1S/C10H9NO/c1-7-2-4-9-8(6-7)3-5-10(12)11-9/h2-6H,1H3,(H,11,12). The first-order valence-corrected chi connectivity index (χ1v) is 3.85. The summed E-state index contributed by atoms with van der Waals surface area (Å²) in [5.41, 5.74) is 2.05. The van der Waals surface area contributed by atoms with Crippen molar-refractivity contribution in [2.75, 3.05) is 0 Å². The van der Waals surface area contributed by atoms with Crippen LogP contribution in [0.3, 0.4) is 0 Å². The summed E-state index contributed by atoms with van der Waals surface area (Å²) >= 11 is 0. The lowest BCUT2D eigenvalue weighted by Gasteiger charge is -1.97. The van der Waals surface area contributed by atoms with Gasteiger partial charge in [-0.05, 0) is 30.5 Å². The molecule has 0 aliphatic carbocycles. The highest BCUT2D eigenvalue weighted by atomic mass is 16.1. The Labute approximate surface area is 69.9 Å². The van der Waals surface area contributed by atoms with Gasteiger partial charge in [0.15, 0.2) is 0 Å². The van der Waals surface area contributed by atoms with Crippen LogP contribution in [0, 0.1) is 6.92 Å². The van der Waals surface area contributed by atoms with Crippen LogP contribution in [0.5, 0.6) is 0 Å². The Morgan fingerprint density at radius 3 is 2.83 bits per heavy atom. The van der Waals surface area contributed by atoms with Gasteiger partial charge in [0.2, 0.25) is 5.56 Å². The van der Waals surface area contributed by atoms with Crippen LogP contribution in [0.4, 0.5) is 0 Å². The Morgan fingerprint density at radius 2 is 2.00 bits per heavy atom. The maximum atomic E-state index is 10.9. The molecule has 0 bridgehead atoms. The Morgan fingerprint density at radius 1 is 1.17 bits per heavy atom. The minimum atomic E-state index is -0.0497. The van der Waals surface area contributed by atoms with E-state index in [1.807, 2.05) is 31.2 Å². The van der Waals surface area contributed by atoms with Crippen LogP contribution in [0.25, 0.3) is 10.9 Å². The molecule has 0 atom stereocenters. The molecule has 2 aromatic rings. The van der Waals surface area contributed by atoms with Crippen molar-refractivity contribution in [1.82, 2.24) is 4.98 Å². The summed E-state index contributed by atoms with van der Waals surface area (Å²) < 4.78 is 0. The fourth-order valence-electron chi connectivity index (χ4n) is 1.27. The predicted octanol–water partition coefficient (Wildman–Crippen LogP) is 1.84. The van der Waals surface area contributed by atoms with Crippen molar-refractivity contribution >= 4 is 10.9 Å². The monoisotopic (exact) mass is 159 g/mol. The van der Waals surface area contributed by atoms with Crippen molar-refractivity contribution in [3.63, 3.8) is 0 Å². The number of hydrogen-bond donors (Lipinski definition) is 1. The maximum Gasteiger partial charge on any atom is 0.248 e. The van der Waals surface area contributed by atoms with Gasteiger partial charge < -0.3 is 4.98 Å². The fourth-order valence-corrected chi connectivity index (χ4v) is 1.27. The van der Waals surface area contributed by atoms with E-state index in [0.29, 0.717) is 0 Å². The number of aryl methyl sites for hydroxylation is 1. The van der Waals surface area contributed by atoms with Gasteiger partial charge >= 0.3 is 0 Å². The lowest BCUT2D eigenvalue weighted by atomic mass is 10.1. The highest BCUT2D eigenvalue weighted by molar-refractivity contribution is 5.78. The van der Waals surface area contributed by atoms with Gasteiger partial charge in [-0.15, -0.1) is 0 Å². The van der Waals surface area contributed by atoms with Crippen molar-refractivity contribution in [3.8, 4) is 0 Å². The lowest BCUT2D eigenvalue weighted by molar-refractivity contribution is 1.30. The molecule has 12 heavy (non-hydrogen) atoms. The van der Waals surface area contributed by atoms with Crippen LogP contribution >= 0.6 is 0 Å². The summed E-state index contributed by atoms with van der Waals surface area (Å²) in [4.78, 5) is 13.7. The average Bonchev–Trinajstić information content (AvgIpc) is 2.05. The minimum Gasteiger partial charge on any atom is -0.322 e. The molecule has 2 rings (SSSR count). The molecule has 0 radical (unpaired) electrons. The topological polar surface area (TPSA) is 32.9 Å².